The molecular weight excluding hydrogens is 195 g/mol. The Kier molecular flexibility index (Phi) is 3.38. The summed E-state index contributed by atoms with van der Waals surface area (Å²) >= 11 is 0. The van der Waals surface area contributed by atoms with Gasteiger partial charge in [0.15, 0.2) is 0 Å². The van der Waals surface area contributed by atoms with E-state index in [9.17, 15) is 13.2 Å². The first kappa shape index (κ1) is 11.3. The highest BCUT2D eigenvalue weighted by molar-refractivity contribution is 4.99. The van der Waals surface area contributed by atoms with Crippen LogP contribution in [-0.4, -0.2) is 19.4 Å². The zero-order chi connectivity index (χ0) is 10.7. The number of nitriles is 1. The van der Waals surface area contributed by atoms with Crippen molar-refractivity contribution in [2.45, 2.75) is 31.9 Å². The van der Waals surface area contributed by atoms with Crippen molar-refractivity contribution in [3.05, 3.63) is 0 Å². The molecule has 0 aromatic rings. The van der Waals surface area contributed by atoms with E-state index in [4.69, 9.17) is 10.00 Å². The number of nitrogens with zero attached hydrogens (tertiary/aromatic N) is 1. The van der Waals surface area contributed by atoms with Gasteiger partial charge in [0.05, 0.1) is 25.7 Å². The SMILES string of the molecule is N#CCC1(COCCC(F)(F)F)CC1. The van der Waals surface area contributed by atoms with E-state index < -0.39 is 12.6 Å². The van der Waals surface area contributed by atoms with Crippen molar-refractivity contribution in [2.24, 2.45) is 5.41 Å². The Morgan fingerprint density at radius 3 is 2.43 bits per heavy atom. The summed E-state index contributed by atoms with van der Waals surface area (Å²) in [7, 11) is 0. The lowest BCUT2D eigenvalue weighted by molar-refractivity contribution is -0.146. The zero-order valence-corrected chi connectivity index (χ0v) is 7.73. The van der Waals surface area contributed by atoms with Crippen molar-refractivity contribution in [2.75, 3.05) is 13.2 Å². The summed E-state index contributed by atoms with van der Waals surface area (Å²) in [5.41, 5.74) is -0.125. The Hall–Kier alpha value is -0.760. The van der Waals surface area contributed by atoms with Crippen LogP contribution < -0.4 is 0 Å². The Bertz CT molecular complexity index is 227. The number of halogens is 3. The number of ether oxygens (including phenoxy) is 1. The third-order valence-electron chi connectivity index (χ3n) is 2.35. The smallest absolute Gasteiger partial charge is 0.380 e. The second-order valence-electron chi connectivity index (χ2n) is 3.75. The third kappa shape index (κ3) is 3.97. The Labute approximate surface area is 80.7 Å². The van der Waals surface area contributed by atoms with Crippen LogP contribution in [0.25, 0.3) is 0 Å². The molecule has 2 nitrogen and oxygen atoms in total. The first-order chi connectivity index (χ1) is 6.47. The van der Waals surface area contributed by atoms with Crippen LogP contribution in [0, 0.1) is 16.7 Å². The summed E-state index contributed by atoms with van der Waals surface area (Å²) in [6.07, 6.45) is -2.88. The molecule has 14 heavy (non-hydrogen) atoms. The fourth-order valence-corrected chi connectivity index (χ4v) is 1.19. The minimum absolute atomic E-state index is 0.125. The minimum Gasteiger partial charge on any atom is -0.380 e. The van der Waals surface area contributed by atoms with E-state index in [-0.39, 0.29) is 18.6 Å². The molecule has 0 unspecified atom stereocenters. The molecule has 0 aromatic heterocycles. The molecule has 0 spiro atoms. The van der Waals surface area contributed by atoms with Crippen LogP contribution in [0.1, 0.15) is 25.7 Å². The second-order valence-corrected chi connectivity index (χ2v) is 3.75. The highest BCUT2D eigenvalue weighted by Gasteiger charge is 2.42. The van der Waals surface area contributed by atoms with Crippen LogP contribution in [0.4, 0.5) is 13.2 Å². The maximum Gasteiger partial charge on any atom is 0.391 e. The molecule has 0 N–H and O–H groups in total. The summed E-state index contributed by atoms with van der Waals surface area (Å²) in [4.78, 5) is 0. The summed E-state index contributed by atoms with van der Waals surface area (Å²) in [6.45, 7) is -0.00663. The van der Waals surface area contributed by atoms with E-state index in [0.29, 0.717) is 6.42 Å². The first-order valence-electron chi connectivity index (χ1n) is 4.49. The third-order valence-corrected chi connectivity index (χ3v) is 2.35. The largest absolute Gasteiger partial charge is 0.391 e. The van der Waals surface area contributed by atoms with Gasteiger partial charge in [-0.15, -0.1) is 0 Å². The Balaban J connectivity index is 2.08. The van der Waals surface area contributed by atoms with Gasteiger partial charge < -0.3 is 4.74 Å². The summed E-state index contributed by atoms with van der Waals surface area (Å²) < 4.78 is 40.0. The standard InChI is InChI=1S/C9H12F3NO/c10-9(11,12)4-6-14-7-8(1-2-8)3-5-13/h1-4,6-7H2. The topological polar surface area (TPSA) is 33.0 Å². The average Bonchev–Trinajstić information content (AvgIpc) is 2.79. The molecule has 1 rings (SSSR count). The van der Waals surface area contributed by atoms with E-state index in [2.05, 4.69) is 0 Å². The van der Waals surface area contributed by atoms with E-state index in [1.165, 1.54) is 0 Å². The lowest BCUT2D eigenvalue weighted by Gasteiger charge is -2.12. The van der Waals surface area contributed by atoms with Gasteiger partial charge in [0.25, 0.3) is 0 Å². The number of rotatable bonds is 5. The van der Waals surface area contributed by atoms with Crippen LogP contribution in [-0.2, 0) is 4.74 Å². The molecule has 0 heterocycles. The zero-order valence-electron chi connectivity index (χ0n) is 7.73. The van der Waals surface area contributed by atoms with Crippen molar-refractivity contribution >= 4 is 0 Å². The molecule has 0 aromatic carbocycles. The van der Waals surface area contributed by atoms with Crippen molar-refractivity contribution in [3.8, 4) is 6.07 Å². The van der Waals surface area contributed by atoms with Crippen LogP contribution in [0.3, 0.4) is 0 Å². The number of alkyl halides is 3. The molecule has 0 bridgehead atoms. The molecule has 0 aliphatic heterocycles. The van der Waals surface area contributed by atoms with Gasteiger partial charge in [-0.05, 0) is 12.8 Å². The van der Waals surface area contributed by atoms with E-state index >= 15 is 0 Å². The molecule has 5 heteroatoms. The van der Waals surface area contributed by atoms with E-state index in [0.717, 1.165) is 12.8 Å². The highest BCUT2D eigenvalue weighted by atomic mass is 19.4. The molecule has 0 saturated heterocycles. The van der Waals surface area contributed by atoms with Crippen LogP contribution in [0.2, 0.25) is 0 Å². The average molecular weight is 207 g/mol. The summed E-state index contributed by atoms with van der Waals surface area (Å²) in [6, 6.07) is 2.03. The normalized spacial score (nSPS) is 19.0. The first-order valence-corrected chi connectivity index (χ1v) is 4.49. The predicted octanol–water partition coefficient (Wildman–Crippen LogP) is 2.65. The van der Waals surface area contributed by atoms with Crippen LogP contribution in [0.5, 0.6) is 0 Å². The lowest BCUT2D eigenvalue weighted by Crippen LogP contribution is -2.15. The van der Waals surface area contributed by atoms with Gasteiger partial charge in [0.2, 0.25) is 0 Å². The minimum atomic E-state index is -4.15. The van der Waals surface area contributed by atoms with Gasteiger partial charge in [0, 0.05) is 11.8 Å². The molecule has 0 amide bonds. The molecule has 1 fully saturated rings. The maximum absolute atomic E-state index is 11.7. The highest BCUT2D eigenvalue weighted by Crippen LogP contribution is 2.48. The van der Waals surface area contributed by atoms with E-state index in [1.54, 1.807) is 0 Å². The summed E-state index contributed by atoms with van der Waals surface area (Å²) in [5, 5.41) is 8.44. The summed E-state index contributed by atoms with van der Waals surface area (Å²) in [5.74, 6) is 0. The van der Waals surface area contributed by atoms with Crippen LogP contribution >= 0.6 is 0 Å². The molecule has 0 radical (unpaired) electrons. The Morgan fingerprint density at radius 1 is 1.36 bits per heavy atom. The van der Waals surface area contributed by atoms with Crippen molar-refractivity contribution < 1.29 is 17.9 Å². The number of hydrogen-bond donors (Lipinski definition) is 0. The van der Waals surface area contributed by atoms with Crippen molar-refractivity contribution in [1.82, 2.24) is 0 Å². The van der Waals surface area contributed by atoms with Crippen molar-refractivity contribution in [1.29, 1.82) is 5.26 Å². The monoisotopic (exact) mass is 207 g/mol. The molecule has 1 aliphatic rings. The Morgan fingerprint density at radius 2 is 2.00 bits per heavy atom. The second kappa shape index (κ2) is 4.18. The molecule has 1 aliphatic carbocycles. The fourth-order valence-electron chi connectivity index (χ4n) is 1.19. The van der Waals surface area contributed by atoms with Crippen molar-refractivity contribution in [3.63, 3.8) is 0 Å². The lowest BCUT2D eigenvalue weighted by atomic mass is 10.1. The maximum atomic E-state index is 11.7. The van der Waals surface area contributed by atoms with Gasteiger partial charge in [-0.2, -0.15) is 18.4 Å². The molecular formula is C9H12F3NO. The predicted molar refractivity (Wildman–Crippen MR) is 43.4 cm³/mol. The fraction of sp³-hybridized carbons (Fsp3) is 0.889. The molecule has 80 valence electrons. The van der Waals surface area contributed by atoms with Gasteiger partial charge >= 0.3 is 6.18 Å². The molecule has 1 saturated carbocycles. The van der Waals surface area contributed by atoms with Gasteiger partial charge in [-0.1, -0.05) is 0 Å². The quantitative estimate of drug-likeness (QED) is 0.649. The van der Waals surface area contributed by atoms with E-state index in [1.807, 2.05) is 6.07 Å². The van der Waals surface area contributed by atoms with Gasteiger partial charge in [0.1, 0.15) is 0 Å². The van der Waals surface area contributed by atoms with Gasteiger partial charge in [-0.25, -0.2) is 0 Å². The van der Waals surface area contributed by atoms with Crippen LogP contribution in [0.15, 0.2) is 0 Å². The number of hydrogen-bond acceptors (Lipinski definition) is 2. The van der Waals surface area contributed by atoms with Gasteiger partial charge in [-0.3, -0.25) is 0 Å². The molecule has 0 atom stereocenters.